The molecule has 0 unspecified atom stereocenters. The van der Waals surface area contributed by atoms with Gasteiger partial charge in [0.15, 0.2) is 4.80 Å². The molecule has 1 atom stereocenters. The van der Waals surface area contributed by atoms with Crippen molar-refractivity contribution in [2.75, 3.05) is 5.32 Å². The van der Waals surface area contributed by atoms with Crippen LogP contribution in [0.3, 0.4) is 0 Å². The van der Waals surface area contributed by atoms with E-state index in [4.69, 9.17) is 16.6 Å². The number of nitrogens with one attached hydrogen (secondary N) is 1. The van der Waals surface area contributed by atoms with Gasteiger partial charge in [-0.25, -0.2) is 4.99 Å². The lowest BCUT2D eigenvalue weighted by Gasteiger charge is -2.25. The highest BCUT2D eigenvalue weighted by Crippen LogP contribution is 2.31. The van der Waals surface area contributed by atoms with Crippen LogP contribution in [0.4, 0.5) is 5.69 Å². The highest BCUT2D eigenvalue weighted by Gasteiger charge is 2.32. The van der Waals surface area contributed by atoms with Gasteiger partial charge in [-0.3, -0.25) is 14.2 Å². The molecule has 1 amide bonds. The van der Waals surface area contributed by atoms with Gasteiger partial charge in [0, 0.05) is 39.9 Å². The molecule has 0 fully saturated rings. The summed E-state index contributed by atoms with van der Waals surface area (Å²) < 4.78 is 4.27. The Labute approximate surface area is 273 Å². The zero-order valence-corrected chi connectivity index (χ0v) is 26.2. The summed E-state index contributed by atoms with van der Waals surface area (Å²) in [5, 5.41) is 13.7. The van der Waals surface area contributed by atoms with Crippen LogP contribution < -0.4 is 20.2 Å². The maximum absolute atomic E-state index is 14.3. The zero-order valence-electron chi connectivity index (χ0n) is 24.6. The monoisotopic (exact) mass is 639 g/mol. The van der Waals surface area contributed by atoms with Crippen molar-refractivity contribution in [1.82, 2.24) is 9.13 Å². The molecule has 0 saturated carbocycles. The first kappa shape index (κ1) is 29.2. The Morgan fingerprint density at radius 1 is 1.00 bits per heavy atom. The van der Waals surface area contributed by atoms with Crippen LogP contribution in [0.2, 0.25) is 5.02 Å². The summed E-state index contributed by atoms with van der Waals surface area (Å²) in [5.41, 5.74) is 5.71. The molecule has 4 aromatic carbocycles. The van der Waals surface area contributed by atoms with Crippen molar-refractivity contribution < 1.29 is 4.79 Å². The van der Waals surface area contributed by atoms with Gasteiger partial charge >= 0.3 is 0 Å². The van der Waals surface area contributed by atoms with Gasteiger partial charge in [0.05, 0.1) is 33.5 Å². The van der Waals surface area contributed by atoms with Gasteiger partial charge in [-0.05, 0) is 66.6 Å². The number of hydrogen-bond donors (Lipinski definition) is 1. The molecule has 0 spiro atoms. The number of anilines is 1. The minimum absolute atomic E-state index is 0.231. The number of thiazole rings is 1. The second-order valence-electron chi connectivity index (χ2n) is 11.0. The van der Waals surface area contributed by atoms with Gasteiger partial charge in [0.2, 0.25) is 0 Å². The van der Waals surface area contributed by atoms with Crippen LogP contribution in [0.5, 0.6) is 0 Å². The van der Waals surface area contributed by atoms with Crippen molar-refractivity contribution in [2.45, 2.75) is 19.5 Å². The molecular weight excluding hydrogens is 614 g/mol. The first-order chi connectivity index (χ1) is 22.4. The molecule has 1 N–H and O–H groups in total. The molecule has 9 heteroatoms. The molecule has 46 heavy (non-hydrogen) atoms. The van der Waals surface area contributed by atoms with Gasteiger partial charge in [-0.1, -0.05) is 83.6 Å². The van der Waals surface area contributed by atoms with E-state index in [1.807, 2.05) is 97.2 Å². The van der Waals surface area contributed by atoms with Crippen LogP contribution >= 0.6 is 22.9 Å². The van der Waals surface area contributed by atoms with Gasteiger partial charge in [0.25, 0.3) is 11.5 Å². The number of carbonyl (C=O) groups is 1. The fourth-order valence-corrected chi connectivity index (χ4v) is 7.00. The summed E-state index contributed by atoms with van der Waals surface area (Å²) in [4.78, 5) is 33.3. The number of hydrogen-bond acceptors (Lipinski definition) is 5. The van der Waals surface area contributed by atoms with E-state index in [1.54, 1.807) is 23.6 Å². The van der Waals surface area contributed by atoms with E-state index in [1.165, 1.54) is 11.3 Å². The van der Waals surface area contributed by atoms with Crippen molar-refractivity contribution in [1.29, 1.82) is 5.26 Å². The Bertz CT molecular complexity index is 2380. The quantitative estimate of drug-likeness (QED) is 0.229. The van der Waals surface area contributed by atoms with E-state index in [0.717, 1.165) is 27.6 Å². The highest BCUT2D eigenvalue weighted by molar-refractivity contribution is 7.07. The Morgan fingerprint density at radius 3 is 2.46 bits per heavy atom. The molecule has 7 nitrogen and oxygen atoms in total. The van der Waals surface area contributed by atoms with Crippen molar-refractivity contribution in [3.05, 3.63) is 168 Å². The SMILES string of the molecule is CC1=C(C(=O)Nc2ccccc2)[C@H](c2ccc(Cl)cc2)n2c(s/c(=C\c3cn(Cc4ccc(C#N)cc4)c4ccccc34)c2=O)=N1. The molecule has 1 aliphatic heterocycles. The number of fused-ring (bicyclic) bond motifs is 2. The van der Waals surface area contributed by atoms with Crippen LogP contribution in [0.25, 0.3) is 17.0 Å². The summed E-state index contributed by atoms with van der Waals surface area (Å²) >= 11 is 7.53. The second kappa shape index (κ2) is 12.1. The standard InChI is InChI=1S/C37H26ClN5O2S/c1-23-33(35(44)41-29-7-3-2-4-8-29)34(26-15-17-28(38)18-16-26)43-36(45)32(46-37(43)40-23)19-27-22-42(31-10-6-5-9-30(27)31)21-25-13-11-24(20-39)12-14-25/h2-19,22,34H,21H2,1H3,(H,41,44)/b32-19-/t34-/m0/s1. The number of amides is 1. The largest absolute Gasteiger partial charge is 0.342 e. The smallest absolute Gasteiger partial charge is 0.271 e. The average Bonchev–Trinajstić information content (AvgIpc) is 3.57. The lowest BCUT2D eigenvalue weighted by Crippen LogP contribution is -2.40. The van der Waals surface area contributed by atoms with E-state index < -0.39 is 6.04 Å². The summed E-state index contributed by atoms with van der Waals surface area (Å²) in [7, 11) is 0. The summed E-state index contributed by atoms with van der Waals surface area (Å²) in [6.07, 6.45) is 3.95. The molecule has 1 aliphatic rings. The van der Waals surface area contributed by atoms with Crippen LogP contribution in [0, 0.1) is 11.3 Å². The third-order valence-corrected chi connectivity index (χ3v) is 9.26. The number of para-hydroxylation sites is 2. The molecule has 224 valence electrons. The Balaban J connectivity index is 1.34. The zero-order chi connectivity index (χ0) is 31.8. The lowest BCUT2D eigenvalue weighted by molar-refractivity contribution is -0.113. The number of halogens is 1. The minimum atomic E-state index is -0.697. The molecule has 7 rings (SSSR count). The van der Waals surface area contributed by atoms with Crippen molar-refractivity contribution >= 4 is 51.5 Å². The summed E-state index contributed by atoms with van der Waals surface area (Å²) in [6, 6.07) is 33.5. The second-order valence-corrected chi connectivity index (χ2v) is 12.4. The molecule has 2 aromatic heterocycles. The number of nitriles is 1. The number of carbonyl (C=O) groups excluding carboxylic acids is 1. The van der Waals surface area contributed by atoms with Crippen LogP contribution in [-0.4, -0.2) is 15.0 Å². The number of allylic oxidation sites excluding steroid dienone is 1. The fourth-order valence-electron chi connectivity index (χ4n) is 5.84. The van der Waals surface area contributed by atoms with E-state index in [2.05, 4.69) is 22.0 Å². The molecule has 0 saturated heterocycles. The molecule has 0 radical (unpaired) electrons. The Hall–Kier alpha value is -5.49. The van der Waals surface area contributed by atoms with E-state index in [9.17, 15) is 14.9 Å². The van der Waals surface area contributed by atoms with Crippen molar-refractivity contribution in [2.24, 2.45) is 4.99 Å². The predicted octanol–water partition coefficient (Wildman–Crippen LogP) is 6.40. The molecular formula is C37H26ClN5O2S. The molecule has 0 bridgehead atoms. The van der Waals surface area contributed by atoms with Crippen molar-refractivity contribution in [3.8, 4) is 6.07 Å². The Morgan fingerprint density at radius 2 is 1.72 bits per heavy atom. The van der Waals surface area contributed by atoms with Crippen LogP contribution in [0.15, 0.2) is 130 Å². The average molecular weight is 640 g/mol. The minimum Gasteiger partial charge on any atom is -0.342 e. The third kappa shape index (κ3) is 5.47. The van der Waals surface area contributed by atoms with Crippen LogP contribution in [-0.2, 0) is 11.3 Å². The normalized spacial score (nSPS) is 14.5. The predicted molar refractivity (Wildman–Crippen MR) is 182 cm³/mol. The summed E-state index contributed by atoms with van der Waals surface area (Å²) in [6.45, 7) is 2.41. The van der Waals surface area contributed by atoms with E-state index >= 15 is 0 Å². The topological polar surface area (TPSA) is 92.2 Å². The fraction of sp³-hybridized carbons (Fsp3) is 0.0811. The third-order valence-electron chi connectivity index (χ3n) is 8.03. The summed E-state index contributed by atoms with van der Waals surface area (Å²) in [5.74, 6) is -0.326. The van der Waals surface area contributed by atoms with E-state index in [0.29, 0.717) is 43.4 Å². The Kier molecular flexibility index (Phi) is 7.71. The first-order valence-electron chi connectivity index (χ1n) is 14.6. The number of rotatable bonds is 6. The van der Waals surface area contributed by atoms with E-state index in [-0.39, 0.29) is 11.5 Å². The molecule has 3 heterocycles. The van der Waals surface area contributed by atoms with Gasteiger partial charge in [-0.15, -0.1) is 0 Å². The molecule has 6 aromatic rings. The maximum Gasteiger partial charge on any atom is 0.271 e. The number of aromatic nitrogens is 2. The molecule has 0 aliphatic carbocycles. The maximum atomic E-state index is 14.3. The number of benzene rings is 4. The van der Waals surface area contributed by atoms with Gasteiger partial charge < -0.3 is 9.88 Å². The van der Waals surface area contributed by atoms with Crippen LogP contribution in [0.1, 0.15) is 35.2 Å². The highest BCUT2D eigenvalue weighted by atomic mass is 35.5. The van der Waals surface area contributed by atoms with Gasteiger partial charge in [0.1, 0.15) is 0 Å². The first-order valence-corrected chi connectivity index (χ1v) is 15.8. The lowest BCUT2D eigenvalue weighted by atomic mass is 9.95. The van der Waals surface area contributed by atoms with Crippen molar-refractivity contribution in [3.63, 3.8) is 0 Å². The number of nitrogens with zero attached hydrogens (tertiary/aromatic N) is 4. The van der Waals surface area contributed by atoms with Gasteiger partial charge in [-0.2, -0.15) is 5.26 Å².